The fourth-order valence-corrected chi connectivity index (χ4v) is 6.96. The van der Waals surface area contributed by atoms with Crippen LogP contribution in [-0.4, -0.2) is 103 Å². The van der Waals surface area contributed by atoms with Gasteiger partial charge in [0.25, 0.3) is 5.91 Å². The van der Waals surface area contributed by atoms with Crippen LogP contribution in [0.25, 0.3) is 0 Å². The van der Waals surface area contributed by atoms with E-state index in [1.165, 1.54) is 23.9 Å². The van der Waals surface area contributed by atoms with Crippen LogP contribution in [0.4, 0.5) is 9.59 Å². The molecule has 252 valence electrons. The van der Waals surface area contributed by atoms with Gasteiger partial charge in [-0.2, -0.15) is 0 Å². The van der Waals surface area contributed by atoms with Gasteiger partial charge in [-0.25, -0.2) is 18.0 Å². The summed E-state index contributed by atoms with van der Waals surface area (Å²) in [6.07, 6.45) is 5.61. The molecule has 15 heteroatoms. The highest BCUT2D eigenvalue weighted by atomic mass is 32.2. The fraction of sp³-hybridized carbons (Fsp3) is 0.767. The van der Waals surface area contributed by atoms with Crippen LogP contribution in [-0.2, 0) is 33.9 Å². The topological polar surface area (TPSA) is 181 Å². The van der Waals surface area contributed by atoms with Crippen molar-refractivity contribution in [1.82, 2.24) is 25.2 Å². The molecule has 0 spiro atoms. The monoisotopic (exact) mass is 653 g/mol. The summed E-state index contributed by atoms with van der Waals surface area (Å²) in [5.74, 6) is -2.49. The molecule has 4 aliphatic rings. The van der Waals surface area contributed by atoms with Gasteiger partial charge in [0.05, 0.1) is 11.3 Å². The fourth-order valence-electron chi connectivity index (χ4n) is 5.64. The quantitative estimate of drug-likeness (QED) is 0.374. The van der Waals surface area contributed by atoms with E-state index in [0.29, 0.717) is 32.1 Å². The highest BCUT2D eigenvalue weighted by Gasteiger charge is 2.63. The van der Waals surface area contributed by atoms with Crippen molar-refractivity contribution in [1.29, 1.82) is 0 Å². The van der Waals surface area contributed by atoms with Crippen LogP contribution in [0.2, 0.25) is 0 Å². The molecule has 1 saturated heterocycles. The zero-order chi connectivity index (χ0) is 33.4. The number of fused-ring (bicyclic) bond motifs is 2. The molecule has 0 bridgehead atoms. The average molecular weight is 654 g/mol. The maximum Gasteiger partial charge on any atom is 0.409 e. The molecule has 0 aromatic rings. The van der Waals surface area contributed by atoms with E-state index < -0.39 is 79.9 Å². The summed E-state index contributed by atoms with van der Waals surface area (Å²) in [7, 11) is -0.956. The second-order valence-electron chi connectivity index (χ2n) is 14.1. The standard InChI is InChI=1S/C30H47N5O9S/c1-28(2,3)44-26(39)31-21-13-11-9-7-8-10-12-19-17-30(19,25(38)33-45(41,42)29(4)14-15-29)32-23(36)22-16-20(18-35(22)24(21)37)43-27(40)34(5)6/h10,12,19-22H,7-9,11,13-18H2,1-6H3,(H,31,39)(H,32,36)(H,33,38)/t19-,20-,21+,22+,30-/m1/s1. The number of hydrogen-bond acceptors (Lipinski definition) is 9. The van der Waals surface area contributed by atoms with E-state index in [4.69, 9.17) is 9.47 Å². The van der Waals surface area contributed by atoms with Gasteiger partial charge in [0.1, 0.15) is 29.3 Å². The van der Waals surface area contributed by atoms with Crippen LogP contribution in [0.15, 0.2) is 12.2 Å². The van der Waals surface area contributed by atoms with Gasteiger partial charge >= 0.3 is 12.2 Å². The second-order valence-corrected chi connectivity index (χ2v) is 16.3. The van der Waals surface area contributed by atoms with E-state index in [9.17, 15) is 32.4 Å². The second kappa shape index (κ2) is 12.8. The molecule has 14 nitrogen and oxygen atoms in total. The molecule has 2 heterocycles. The predicted octanol–water partition coefficient (Wildman–Crippen LogP) is 1.94. The van der Waals surface area contributed by atoms with Crippen molar-refractivity contribution in [3.63, 3.8) is 0 Å². The van der Waals surface area contributed by atoms with Gasteiger partial charge in [-0.05, 0) is 66.2 Å². The number of rotatable bonds is 5. The van der Waals surface area contributed by atoms with Crippen LogP contribution < -0.4 is 15.4 Å². The van der Waals surface area contributed by atoms with Gasteiger partial charge in [0.2, 0.25) is 21.8 Å². The van der Waals surface area contributed by atoms with Crippen molar-refractivity contribution in [2.45, 2.75) is 120 Å². The van der Waals surface area contributed by atoms with E-state index in [1.807, 2.05) is 12.2 Å². The Balaban J connectivity index is 1.63. The van der Waals surface area contributed by atoms with Crippen LogP contribution in [0.5, 0.6) is 0 Å². The minimum atomic E-state index is -3.97. The highest BCUT2D eigenvalue weighted by Crippen LogP contribution is 2.47. The van der Waals surface area contributed by atoms with E-state index in [1.54, 1.807) is 27.7 Å². The summed E-state index contributed by atoms with van der Waals surface area (Å²) in [6, 6.07) is -2.17. The lowest BCUT2D eigenvalue weighted by atomic mass is 10.0. The molecule has 3 N–H and O–H groups in total. The average Bonchev–Trinajstić information content (AvgIpc) is 3.80. The number of nitrogens with zero attached hydrogens (tertiary/aromatic N) is 2. The maximum atomic E-state index is 14.0. The molecular formula is C30H47N5O9S. The van der Waals surface area contributed by atoms with Gasteiger partial charge in [-0.3, -0.25) is 19.1 Å². The number of ether oxygens (including phenoxy) is 2. The first-order chi connectivity index (χ1) is 20.9. The molecule has 2 aliphatic heterocycles. The number of carbonyl (C=O) groups is 5. The molecule has 45 heavy (non-hydrogen) atoms. The van der Waals surface area contributed by atoms with Crippen molar-refractivity contribution in [2.24, 2.45) is 5.92 Å². The van der Waals surface area contributed by atoms with Crippen molar-refractivity contribution >= 4 is 39.9 Å². The number of allylic oxidation sites excluding steroid dienone is 1. The highest BCUT2D eigenvalue weighted by molar-refractivity contribution is 7.91. The minimum absolute atomic E-state index is 0.0507. The Morgan fingerprint density at radius 2 is 1.80 bits per heavy atom. The Hall–Kier alpha value is -3.36. The SMILES string of the molecule is CN(C)C(=O)O[C@@H]1C[C@H]2C(=O)N[C@]3(C(=O)NS(=O)(=O)C4(C)CC4)C[C@H]3C=CCCCCC[C@H](NC(=O)OC(C)(C)C)C(=O)N2C1. The van der Waals surface area contributed by atoms with Crippen LogP contribution in [0.1, 0.15) is 85.5 Å². The van der Waals surface area contributed by atoms with Crippen LogP contribution >= 0.6 is 0 Å². The number of hydrogen-bond donors (Lipinski definition) is 3. The van der Waals surface area contributed by atoms with E-state index in [2.05, 4.69) is 15.4 Å². The Morgan fingerprint density at radius 3 is 2.42 bits per heavy atom. The van der Waals surface area contributed by atoms with E-state index in [-0.39, 0.29) is 19.4 Å². The van der Waals surface area contributed by atoms with Gasteiger partial charge in [-0.1, -0.05) is 25.0 Å². The Labute approximate surface area is 265 Å². The molecule has 5 atom stereocenters. The summed E-state index contributed by atoms with van der Waals surface area (Å²) >= 11 is 0. The lowest BCUT2D eigenvalue weighted by Crippen LogP contribution is -2.58. The third-order valence-corrected chi connectivity index (χ3v) is 11.0. The lowest BCUT2D eigenvalue weighted by Gasteiger charge is -2.30. The van der Waals surface area contributed by atoms with Crippen molar-refractivity contribution in [3.05, 3.63) is 12.2 Å². The van der Waals surface area contributed by atoms with Crippen LogP contribution in [0, 0.1) is 5.92 Å². The summed E-state index contributed by atoms with van der Waals surface area (Å²) in [6.45, 7) is 6.57. The van der Waals surface area contributed by atoms with Crippen molar-refractivity contribution in [2.75, 3.05) is 20.6 Å². The molecule has 5 amide bonds. The van der Waals surface area contributed by atoms with Crippen molar-refractivity contribution < 1.29 is 41.9 Å². The number of nitrogens with one attached hydrogen (secondary N) is 3. The smallest absolute Gasteiger partial charge is 0.409 e. The molecule has 0 aromatic carbocycles. The Bertz CT molecular complexity index is 1340. The largest absolute Gasteiger partial charge is 0.444 e. The van der Waals surface area contributed by atoms with E-state index in [0.717, 1.165) is 12.8 Å². The van der Waals surface area contributed by atoms with Crippen molar-refractivity contribution in [3.8, 4) is 0 Å². The summed E-state index contributed by atoms with van der Waals surface area (Å²) < 4.78 is 38.0. The zero-order valence-electron chi connectivity index (χ0n) is 27.0. The number of alkyl carbamates (subject to hydrolysis) is 1. The molecule has 4 rings (SSSR count). The molecule has 0 aromatic heterocycles. The number of carbonyl (C=O) groups excluding carboxylic acids is 5. The first kappa shape index (κ1) is 34.5. The summed E-state index contributed by atoms with van der Waals surface area (Å²) in [4.78, 5) is 69.2. The third kappa shape index (κ3) is 8.08. The first-order valence-corrected chi connectivity index (χ1v) is 17.1. The van der Waals surface area contributed by atoms with Gasteiger partial charge < -0.3 is 29.9 Å². The number of sulfonamides is 1. The molecule has 0 radical (unpaired) electrons. The lowest BCUT2D eigenvalue weighted by molar-refractivity contribution is -0.141. The number of amides is 5. The van der Waals surface area contributed by atoms with Gasteiger partial charge in [0, 0.05) is 26.4 Å². The summed E-state index contributed by atoms with van der Waals surface area (Å²) in [5.41, 5.74) is -2.33. The molecule has 2 saturated carbocycles. The molecule has 2 aliphatic carbocycles. The maximum absolute atomic E-state index is 14.0. The molecular weight excluding hydrogens is 606 g/mol. The third-order valence-electron chi connectivity index (χ3n) is 8.80. The van der Waals surface area contributed by atoms with Gasteiger partial charge in [0.15, 0.2) is 0 Å². The molecule has 0 unspecified atom stereocenters. The van der Waals surface area contributed by atoms with E-state index >= 15 is 0 Å². The van der Waals surface area contributed by atoms with Crippen LogP contribution in [0.3, 0.4) is 0 Å². The first-order valence-electron chi connectivity index (χ1n) is 15.6. The Kier molecular flexibility index (Phi) is 9.81. The summed E-state index contributed by atoms with van der Waals surface area (Å²) in [5, 5.41) is 5.45. The predicted molar refractivity (Wildman–Crippen MR) is 163 cm³/mol. The molecule has 3 fully saturated rings. The van der Waals surface area contributed by atoms with Gasteiger partial charge in [-0.15, -0.1) is 0 Å². The Morgan fingerprint density at radius 1 is 1.11 bits per heavy atom. The normalized spacial score (nSPS) is 30.0. The minimum Gasteiger partial charge on any atom is -0.444 e. The zero-order valence-corrected chi connectivity index (χ0v) is 27.8.